The third-order valence-corrected chi connectivity index (χ3v) is 2.23. The lowest BCUT2D eigenvalue weighted by Crippen LogP contribution is -2.57. The number of hydrogen-bond acceptors (Lipinski definition) is 7. The Hall–Kier alpha value is -0.730. The predicted octanol–water partition coefficient (Wildman–Crippen LogP) is -3.33. The van der Waals surface area contributed by atoms with Gasteiger partial charge in [-0.05, 0) is 0 Å². The van der Waals surface area contributed by atoms with Gasteiger partial charge in [0.05, 0.1) is 6.61 Å². The number of fused-ring (bicyclic) bond motifs is 1. The zero-order valence-corrected chi connectivity index (χ0v) is 6.38. The lowest BCUT2D eigenvalue weighted by atomic mass is 10.0. The van der Waals surface area contributed by atoms with E-state index in [0.29, 0.717) is 0 Å². The van der Waals surface area contributed by atoms with Crippen LogP contribution in [0.4, 0.5) is 0 Å². The van der Waals surface area contributed by atoms with Crippen LogP contribution in [0.5, 0.6) is 0 Å². The molecule has 74 valence electrons. The number of rotatable bonds is 0. The van der Waals surface area contributed by atoms with E-state index < -0.39 is 29.8 Å². The first-order valence-corrected chi connectivity index (χ1v) is 3.60. The number of hydrogen-bond donors (Lipinski definition) is 4. The van der Waals surface area contributed by atoms with E-state index in [4.69, 9.17) is 15.3 Å². The third kappa shape index (κ3) is 0.825. The molecule has 2 saturated heterocycles. The minimum absolute atomic E-state index is 0.322. The molecule has 0 amide bonds. The maximum absolute atomic E-state index is 10.8. The Kier molecular flexibility index (Phi) is 1.49. The van der Waals surface area contributed by atoms with Gasteiger partial charge in [-0.25, -0.2) is 4.79 Å². The van der Waals surface area contributed by atoms with Crippen molar-refractivity contribution in [3.63, 3.8) is 0 Å². The summed E-state index contributed by atoms with van der Waals surface area (Å²) < 4.78 is 8.87. The molecule has 4 N–H and O–H groups in total. The molecule has 7 heteroatoms. The van der Waals surface area contributed by atoms with E-state index in [1.807, 2.05) is 0 Å². The molecular formula is C6H8O7. The highest BCUT2D eigenvalue weighted by Gasteiger charge is 2.73. The van der Waals surface area contributed by atoms with Crippen molar-refractivity contribution >= 4 is 5.97 Å². The SMILES string of the molecule is O=C1O[C@@H]2[C@H](O)CO[C@]2(O)C1(O)O. The van der Waals surface area contributed by atoms with Gasteiger partial charge in [0, 0.05) is 0 Å². The summed E-state index contributed by atoms with van der Waals surface area (Å²) in [5.74, 6) is -7.11. The minimum Gasteiger partial charge on any atom is -0.449 e. The van der Waals surface area contributed by atoms with E-state index >= 15 is 0 Å². The maximum atomic E-state index is 10.8. The van der Waals surface area contributed by atoms with Crippen LogP contribution < -0.4 is 0 Å². The van der Waals surface area contributed by atoms with Gasteiger partial charge in [0.15, 0.2) is 6.10 Å². The Labute approximate surface area is 72.1 Å². The third-order valence-electron chi connectivity index (χ3n) is 2.23. The van der Waals surface area contributed by atoms with Gasteiger partial charge in [0.1, 0.15) is 6.10 Å². The molecule has 2 aliphatic rings. The zero-order valence-electron chi connectivity index (χ0n) is 6.38. The first-order chi connectivity index (χ1) is 5.89. The van der Waals surface area contributed by atoms with Crippen LogP contribution in [0, 0.1) is 0 Å². The topological polar surface area (TPSA) is 116 Å². The van der Waals surface area contributed by atoms with Gasteiger partial charge < -0.3 is 29.9 Å². The predicted molar refractivity (Wildman–Crippen MR) is 34.0 cm³/mol. The highest BCUT2D eigenvalue weighted by atomic mass is 16.8. The Morgan fingerprint density at radius 3 is 2.54 bits per heavy atom. The Balaban J connectivity index is 2.41. The summed E-state index contributed by atoms with van der Waals surface area (Å²) >= 11 is 0. The van der Waals surface area contributed by atoms with Crippen LogP contribution in [0.2, 0.25) is 0 Å². The van der Waals surface area contributed by atoms with Gasteiger partial charge in [-0.2, -0.15) is 0 Å². The van der Waals surface area contributed by atoms with E-state index in [-0.39, 0.29) is 6.61 Å². The molecule has 0 saturated carbocycles. The molecular weight excluding hydrogens is 184 g/mol. The van der Waals surface area contributed by atoms with Gasteiger partial charge in [-0.15, -0.1) is 0 Å². The summed E-state index contributed by atoms with van der Waals surface area (Å²) in [7, 11) is 0. The van der Waals surface area contributed by atoms with Crippen LogP contribution in [-0.2, 0) is 14.3 Å². The molecule has 0 bridgehead atoms. The molecule has 0 unspecified atom stereocenters. The average molecular weight is 192 g/mol. The van der Waals surface area contributed by atoms with Crippen molar-refractivity contribution in [1.82, 2.24) is 0 Å². The normalized spacial score (nSPS) is 47.5. The number of esters is 1. The summed E-state index contributed by atoms with van der Waals surface area (Å²) in [5.41, 5.74) is 0. The molecule has 3 atom stereocenters. The molecule has 2 rings (SSSR count). The number of carbonyl (C=O) groups excluding carboxylic acids is 1. The van der Waals surface area contributed by atoms with E-state index in [9.17, 15) is 9.90 Å². The fraction of sp³-hybridized carbons (Fsp3) is 0.833. The smallest absolute Gasteiger partial charge is 0.373 e. The fourth-order valence-electron chi connectivity index (χ4n) is 1.44. The van der Waals surface area contributed by atoms with Crippen LogP contribution in [0.15, 0.2) is 0 Å². The van der Waals surface area contributed by atoms with Gasteiger partial charge in [-0.3, -0.25) is 0 Å². The van der Waals surface area contributed by atoms with Crippen molar-refractivity contribution in [2.24, 2.45) is 0 Å². The quantitative estimate of drug-likeness (QED) is 0.234. The Morgan fingerprint density at radius 2 is 2.00 bits per heavy atom. The summed E-state index contributed by atoms with van der Waals surface area (Å²) in [5, 5.41) is 36.8. The molecule has 13 heavy (non-hydrogen) atoms. The summed E-state index contributed by atoms with van der Waals surface area (Å²) in [4.78, 5) is 10.8. The van der Waals surface area contributed by atoms with E-state index in [0.717, 1.165) is 0 Å². The molecule has 0 aliphatic carbocycles. The molecule has 7 nitrogen and oxygen atoms in total. The monoisotopic (exact) mass is 192 g/mol. The molecule has 0 radical (unpaired) electrons. The molecule has 0 aromatic heterocycles. The summed E-state index contributed by atoms with van der Waals surface area (Å²) in [6, 6.07) is 0. The second kappa shape index (κ2) is 2.20. The van der Waals surface area contributed by atoms with Crippen molar-refractivity contribution in [3.8, 4) is 0 Å². The second-order valence-corrected chi connectivity index (χ2v) is 3.07. The van der Waals surface area contributed by atoms with Crippen LogP contribution in [0.1, 0.15) is 0 Å². The van der Waals surface area contributed by atoms with Crippen molar-refractivity contribution in [3.05, 3.63) is 0 Å². The molecule has 2 heterocycles. The van der Waals surface area contributed by atoms with Gasteiger partial charge >= 0.3 is 11.8 Å². The number of aliphatic hydroxyl groups is 4. The van der Waals surface area contributed by atoms with Gasteiger partial charge in [0.25, 0.3) is 5.79 Å². The highest BCUT2D eigenvalue weighted by Crippen LogP contribution is 2.41. The van der Waals surface area contributed by atoms with E-state index in [1.54, 1.807) is 0 Å². The Bertz CT molecular complexity index is 262. The van der Waals surface area contributed by atoms with Crippen molar-refractivity contribution in [2.45, 2.75) is 23.8 Å². The number of ether oxygens (including phenoxy) is 2. The van der Waals surface area contributed by atoms with Crippen molar-refractivity contribution in [1.29, 1.82) is 0 Å². The second-order valence-electron chi connectivity index (χ2n) is 3.07. The maximum Gasteiger partial charge on any atom is 0.373 e. The summed E-state index contributed by atoms with van der Waals surface area (Å²) in [6.45, 7) is -0.322. The lowest BCUT2D eigenvalue weighted by Gasteiger charge is -2.26. The molecule has 2 fully saturated rings. The van der Waals surface area contributed by atoms with Crippen molar-refractivity contribution < 1.29 is 34.7 Å². The summed E-state index contributed by atoms with van der Waals surface area (Å²) in [6.07, 6.45) is -2.70. The zero-order chi connectivity index (χ0) is 9.85. The fourth-order valence-corrected chi connectivity index (χ4v) is 1.44. The van der Waals surface area contributed by atoms with Crippen LogP contribution in [0.25, 0.3) is 0 Å². The first-order valence-electron chi connectivity index (χ1n) is 3.60. The number of aliphatic hydroxyl groups excluding tert-OH is 1. The lowest BCUT2D eigenvalue weighted by molar-refractivity contribution is -0.329. The minimum atomic E-state index is -3.12. The molecule has 0 aromatic carbocycles. The largest absolute Gasteiger partial charge is 0.449 e. The number of carbonyl (C=O) groups is 1. The Morgan fingerprint density at radius 1 is 1.38 bits per heavy atom. The van der Waals surface area contributed by atoms with Gasteiger partial charge in [0.2, 0.25) is 0 Å². The molecule has 2 aliphatic heterocycles. The average Bonchev–Trinajstić information content (AvgIpc) is 2.40. The highest BCUT2D eigenvalue weighted by molar-refractivity contribution is 5.81. The van der Waals surface area contributed by atoms with Crippen molar-refractivity contribution in [2.75, 3.05) is 6.61 Å². The van der Waals surface area contributed by atoms with Crippen LogP contribution in [0.3, 0.4) is 0 Å². The van der Waals surface area contributed by atoms with Crippen LogP contribution in [-0.4, -0.2) is 56.8 Å². The van der Waals surface area contributed by atoms with Crippen LogP contribution >= 0.6 is 0 Å². The van der Waals surface area contributed by atoms with E-state index in [1.165, 1.54) is 0 Å². The molecule has 0 spiro atoms. The molecule has 0 aromatic rings. The first kappa shape index (κ1) is 8.85. The standard InChI is InChI=1S/C6H8O7/c7-2-1-12-6(11)3(2)13-4(8)5(6,9)10/h2-3,7,9-11H,1H2/t2-,3-,6+/m1/s1. The van der Waals surface area contributed by atoms with Gasteiger partial charge in [-0.1, -0.05) is 0 Å². The van der Waals surface area contributed by atoms with E-state index in [2.05, 4.69) is 9.47 Å².